The Morgan fingerprint density at radius 3 is 2.88 bits per heavy atom. The van der Waals surface area contributed by atoms with E-state index in [1.165, 1.54) is 6.42 Å². The number of amides is 1. The molecule has 3 rings (SSSR count). The van der Waals surface area contributed by atoms with Gasteiger partial charge in [-0.05, 0) is 37.9 Å². The van der Waals surface area contributed by atoms with Gasteiger partial charge in [-0.15, -0.1) is 0 Å². The summed E-state index contributed by atoms with van der Waals surface area (Å²) in [6, 6.07) is 12.3. The molecule has 1 amide bonds. The molecule has 1 aliphatic rings. The van der Waals surface area contributed by atoms with E-state index in [2.05, 4.69) is 15.3 Å². The molecule has 1 N–H and O–H groups in total. The van der Waals surface area contributed by atoms with E-state index < -0.39 is 0 Å². The van der Waals surface area contributed by atoms with E-state index in [1.54, 1.807) is 0 Å². The highest BCUT2D eigenvalue weighted by Crippen LogP contribution is 2.21. The molecular formula is C19H26N4O. The molecule has 2 aromatic rings. The SMILES string of the molecule is C[C@H](C(=O)NCc1ccccc1)N1CCCC[C@@H]1Cn1cccn1. The number of hydrogen-bond donors (Lipinski definition) is 1. The van der Waals surface area contributed by atoms with Gasteiger partial charge in [0.25, 0.3) is 0 Å². The maximum Gasteiger partial charge on any atom is 0.237 e. The lowest BCUT2D eigenvalue weighted by atomic mass is 9.99. The van der Waals surface area contributed by atoms with Gasteiger partial charge in [0.05, 0.1) is 12.6 Å². The summed E-state index contributed by atoms with van der Waals surface area (Å²) in [5.41, 5.74) is 1.13. The van der Waals surface area contributed by atoms with Crippen molar-refractivity contribution in [2.24, 2.45) is 0 Å². The zero-order chi connectivity index (χ0) is 16.8. The van der Waals surface area contributed by atoms with Crippen LogP contribution in [0.2, 0.25) is 0 Å². The van der Waals surface area contributed by atoms with Crippen molar-refractivity contribution in [3.63, 3.8) is 0 Å². The van der Waals surface area contributed by atoms with Crippen LogP contribution in [-0.2, 0) is 17.9 Å². The van der Waals surface area contributed by atoms with Crippen molar-refractivity contribution in [1.29, 1.82) is 0 Å². The number of nitrogens with one attached hydrogen (secondary N) is 1. The van der Waals surface area contributed by atoms with Gasteiger partial charge in [0.15, 0.2) is 0 Å². The summed E-state index contributed by atoms with van der Waals surface area (Å²) in [5, 5.41) is 7.39. The summed E-state index contributed by atoms with van der Waals surface area (Å²) >= 11 is 0. The van der Waals surface area contributed by atoms with Gasteiger partial charge in [-0.2, -0.15) is 5.10 Å². The molecule has 1 aliphatic heterocycles. The highest BCUT2D eigenvalue weighted by atomic mass is 16.2. The molecule has 1 aromatic heterocycles. The van der Waals surface area contributed by atoms with Crippen LogP contribution in [0.25, 0.3) is 0 Å². The molecule has 2 heterocycles. The maximum atomic E-state index is 12.6. The number of nitrogens with zero attached hydrogens (tertiary/aromatic N) is 3. The molecular weight excluding hydrogens is 300 g/mol. The molecule has 0 unspecified atom stereocenters. The Morgan fingerprint density at radius 2 is 2.12 bits per heavy atom. The first kappa shape index (κ1) is 16.7. The maximum absolute atomic E-state index is 12.6. The minimum atomic E-state index is -0.116. The van der Waals surface area contributed by atoms with Crippen molar-refractivity contribution in [2.75, 3.05) is 6.54 Å². The molecule has 2 atom stereocenters. The van der Waals surface area contributed by atoms with Gasteiger partial charge in [-0.3, -0.25) is 14.4 Å². The van der Waals surface area contributed by atoms with Gasteiger partial charge < -0.3 is 5.32 Å². The average Bonchev–Trinajstić information content (AvgIpc) is 3.13. The number of rotatable bonds is 6. The minimum Gasteiger partial charge on any atom is -0.351 e. The Morgan fingerprint density at radius 1 is 1.29 bits per heavy atom. The van der Waals surface area contributed by atoms with Gasteiger partial charge in [0, 0.05) is 25.0 Å². The predicted octanol–water partition coefficient (Wildman–Crippen LogP) is 2.44. The van der Waals surface area contributed by atoms with E-state index >= 15 is 0 Å². The molecule has 128 valence electrons. The summed E-state index contributed by atoms with van der Waals surface area (Å²) in [6.07, 6.45) is 7.30. The first-order chi connectivity index (χ1) is 11.7. The van der Waals surface area contributed by atoms with Crippen LogP contribution in [0.15, 0.2) is 48.8 Å². The third-order valence-corrected chi connectivity index (χ3v) is 4.82. The average molecular weight is 326 g/mol. The molecule has 0 aliphatic carbocycles. The molecule has 1 aromatic carbocycles. The summed E-state index contributed by atoms with van der Waals surface area (Å²) in [5.74, 6) is 0.103. The van der Waals surface area contributed by atoms with Crippen molar-refractivity contribution in [3.8, 4) is 0 Å². The zero-order valence-corrected chi connectivity index (χ0v) is 14.3. The second-order valence-corrected chi connectivity index (χ2v) is 6.49. The van der Waals surface area contributed by atoms with E-state index in [-0.39, 0.29) is 11.9 Å². The lowest BCUT2D eigenvalue weighted by Crippen LogP contribution is -2.52. The number of aromatic nitrogens is 2. The molecule has 1 saturated heterocycles. The minimum absolute atomic E-state index is 0.103. The molecule has 0 spiro atoms. The molecule has 5 heteroatoms. The number of piperidine rings is 1. The summed E-state index contributed by atoms with van der Waals surface area (Å²) in [6.45, 7) is 4.43. The predicted molar refractivity (Wildman–Crippen MR) is 94.3 cm³/mol. The second-order valence-electron chi connectivity index (χ2n) is 6.49. The van der Waals surface area contributed by atoms with E-state index in [0.717, 1.165) is 31.5 Å². The Bertz CT molecular complexity index is 626. The van der Waals surface area contributed by atoms with Crippen molar-refractivity contribution < 1.29 is 4.79 Å². The van der Waals surface area contributed by atoms with Gasteiger partial charge in [0.1, 0.15) is 0 Å². The molecule has 0 radical (unpaired) electrons. The fourth-order valence-corrected chi connectivity index (χ4v) is 3.44. The Labute approximate surface area is 143 Å². The number of hydrogen-bond acceptors (Lipinski definition) is 3. The number of benzene rings is 1. The van der Waals surface area contributed by atoms with Crippen molar-refractivity contribution in [2.45, 2.75) is 51.4 Å². The lowest BCUT2D eigenvalue weighted by molar-refractivity contribution is -0.127. The van der Waals surface area contributed by atoms with Crippen molar-refractivity contribution >= 4 is 5.91 Å². The van der Waals surface area contributed by atoms with Crippen molar-refractivity contribution in [3.05, 3.63) is 54.4 Å². The quantitative estimate of drug-likeness (QED) is 0.887. The monoisotopic (exact) mass is 326 g/mol. The highest BCUT2D eigenvalue weighted by Gasteiger charge is 2.30. The second kappa shape index (κ2) is 8.11. The Balaban J connectivity index is 1.58. The standard InChI is InChI=1S/C19H26N4O/c1-16(19(24)20-14-17-8-3-2-4-9-17)23-13-6-5-10-18(23)15-22-12-7-11-21-22/h2-4,7-9,11-12,16,18H,5-6,10,13-15H2,1H3,(H,20,24)/t16-,18-/m1/s1. The first-order valence-corrected chi connectivity index (χ1v) is 8.79. The smallest absolute Gasteiger partial charge is 0.237 e. The fraction of sp³-hybridized carbons (Fsp3) is 0.474. The number of carbonyl (C=O) groups excluding carboxylic acids is 1. The van der Waals surface area contributed by atoms with E-state index in [1.807, 2.05) is 60.4 Å². The number of likely N-dealkylation sites (tertiary alicyclic amines) is 1. The summed E-state index contributed by atoms with van der Waals surface area (Å²) in [7, 11) is 0. The van der Waals surface area contributed by atoms with E-state index in [9.17, 15) is 4.79 Å². The molecule has 0 saturated carbocycles. The topological polar surface area (TPSA) is 50.2 Å². The van der Waals surface area contributed by atoms with Crippen LogP contribution in [0.4, 0.5) is 0 Å². The van der Waals surface area contributed by atoms with E-state index in [4.69, 9.17) is 0 Å². The first-order valence-electron chi connectivity index (χ1n) is 8.79. The fourth-order valence-electron chi connectivity index (χ4n) is 3.44. The van der Waals surface area contributed by atoms with Crippen LogP contribution < -0.4 is 5.32 Å². The van der Waals surface area contributed by atoms with E-state index in [0.29, 0.717) is 12.6 Å². The molecule has 5 nitrogen and oxygen atoms in total. The molecule has 24 heavy (non-hydrogen) atoms. The summed E-state index contributed by atoms with van der Waals surface area (Å²) in [4.78, 5) is 14.9. The van der Waals surface area contributed by atoms with Crippen LogP contribution in [0.1, 0.15) is 31.7 Å². The highest BCUT2D eigenvalue weighted by molar-refractivity contribution is 5.81. The molecule has 1 fully saturated rings. The van der Waals surface area contributed by atoms with Gasteiger partial charge >= 0.3 is 0 Å². The van der Waals surface area contributed by atoms with Gasteiger partial charge in [-0.25, -0.2) is 0 Å². The Hall–Kier alpha value is -2.14. The summed E-state index contributed by atoms with van der Waals surface area (Å²) < 4.78 is 1.97. The van der Waals surface area contributed by atoms with Crippen LogP contribution in [0, 0.1) is 0 Å². The van der Waals surface area contributed by atoms with Gasteiger partial charge in [0.2, 0.25) is 5.91 Å². The van der Waals surface area contributed by atoms with Crippen molar-refractivity contribution in [1.82, 2.24) is 20.0 Å². The third-order valence-electron chi connectivity index (χ3n) is 4.82. The number of carbonyl (C=O) groups is 1. The van der Waals surface area contributed by atoms with Crippen LogP contribution in [0.3, 0.4) is 0 Å². The normalized spacial score (nSPS) is 19.8. The lowest BCUT2D eigenvalue weighted by Gasteiger charge is -2.39. The Kier molecular flexibility index (Phi) is 5.64. The van der Waals surface area contributed by atoms with Crippen LogP contribution >= 0.6 is 0 Å². The third kappa shape index (κ3) is 4.23. The largest absolute Gasteiger partial charge is 0.351 e. The van der Waals surface area contributed by atoms with Crippen LogP contribution in [0.5, 0.6) is 0 Å². The zero-order valence-electron chi connectivity index (χ0n) is 14.3. The van der Waals surface area contributed by atoms with Gasteiger partial charge in [-0.1, -0.05) is 36.8 Å². The molecule has 0 bridgehead atoms. The van der Waals surface area contributed by atoms with Crippen LogP contribution in [-0.4, -0.2) is 39.2 Å².